The van der Waals surface area contributed by atoms with Crippen molar-refractivity contribution in [3.05, 3.63) is 24.2 Å². The predicted molar refractivity (Wildman–Crippen MR) is 70.5 cm³/mol. The van der Waals surface area contributed by atoms with Crippen molar-refractivity contribution in [3.63, 3.8) is 0 Å². The van der Waals surface area contributed by atoms with Crippen molar-refractivity contribution in [3.8, 4) is 0 Å². The maximum Gasteiger partial charge on any atom is 0.430 e. The lowest BCUT2D eigenvalue weighted by atomic mass is 10.3. The molecule has 0 radical (unpaired) electrons. The second kappa shape index (κ2) is 6.06. The molecule has 7 heteroatoms. The van der Waals surface area contributed by atoms with Gasteiger partial charge in [-0.15, -0.1) is 0 Å². The van der Waals surface area contributed by atoms with Gasteiger partial charge in [0.1, 0.15) is 11.9 Å². The average molecular weight is 279 g/mol. The molecular weight excluding hydrogens is 262 g/mol. The van der Waals surface area contributed by atoms with E-state index in [0.29, 0.717) is 12.3 Å². The zero-order chi connectivity index (χ0) is 13.8. The van der Waals surface area contributed by atoms with Crippen molar-refractivity contribution >= 4 is 12.3 Å². The van der Waals surface area contributed by atoms with Crippen LogP contribution in [-0.2, 0) is 9.47 Å². The number of cyclic esters (lactones) is 1. The smallest absolute Gasteiger partial charge is 0.430 e. The van der Waals surface area contributed by atoms with Gasteiger partial charge in [-0.05, 0) is 12.1 Å². The highest BCUT2D eigenvalue weighted by molar-refractivity contribution is 5.78. The van der Waals surface area contributed by atoms with Gasteiger partial charge in [-0.25, -0.2) is 4.79 Å². The average Bonchev–Trinajstić information content (AvgIpc) is 3.08. The Kier molecular flexibility index (Phi) is 3.98. The second-order valence-electron chi connectivity index (χ2n) is 4.76. The summed E-state index contributed by atoms with van der Waals surface area (Å²) >= 11 is 0. The lowest BCUT2D eigenvalue weighted by molar-refractivity contribution is 0.0188. The largest absolute Gasteiger partial charge is 0.463 e. The van der Waals surface area contributed by atoms with Gasteiger partial charge in [0.05, 0.1) is 32.2 Å². The monoisotopic (exact) mass is 279 g/mol. The van der Waals surface area contributed by atoms with E-state index in [4.69, 9.17) is 13.9 Å². The number of rotatable bonds is 4. The van der Waals surface area contributed by atoms with Gasteiger partial charge in [0.2, 0.25) is 0 Å². The molecule has 0 spiro atoms. The first kappa shape index (κ1) is 13.1. The molecule has 0 bridgehead atoms. The topological polar surface area (TPSA) is 67.5 Å². The molecule has 2 aliphatic heterocycles. The number of nitrogens with zero attached hydrogens (tertiary/aromatic N) is 3. The Morgan fingerprint density at radius 3 is 3.00 bits per heavy atom. The summed E-state index contributed by atoms with van der Waals surface area (Å²) in [6, 6.07) is 3.54. The highest BCUT2D eigenvalue weighted by Gasteiger charge is 2.32. The number of amides is 1. The standard InChI is InChI=1S/C13H17N3O4/c17-13-16(14-8-11-2-1-5-19-11)10-12(20-13)9-15-3-6-18-7-4-15/h1-2,5,8,12H,3-4,6-7,9-10H2/b14-8+. The van der Waals surface area contributed by atoms with Gasteiger partial charge in [0, 0.05) is 19.6 Å². The highest BCUT2D eigenvalue weighted by atomic mass is 16.6. The number of hydrazone groups is 1. The van der Waals surface area contributed by atoms with Crippen LogP contribution in [0.5, 0.6) is 0 Å². The van der Waals surface area contributed by atoms with E-state index in [1.807, 2.05) is 0 Å². The summed E-state index contributed by atoms with van der Waals surface area (Å²) in [6.45, 7) is 4.42. The zero-order valence-corrected chi connectivity index (χ0v) is 11.1. The Morgan fingerprint density at radius 1 is 1.40 bits per heavy atom. The van der Waals surface area contributed by atoms with Crippen LogP contribution in [0.15, 0.2) is 27.9 Å². The summed E-state index contributed by atoms with van der Waals surface area (Å²) in [7, 11) is 0. The number of carbonyl (C=O) groups excluding carboxylic acids is 1. The molecule has 1 amide bonds. The molecular formula is C13H17N3O4. The highest BCUT2D eigenvalue weighted by Crippen LogP contribution is 2.13. The minimum atomic E-state index is -0.411. The molecule has 1 aromatic rings. The van der Waals surface area contributed by atoms with Crippen LogP contribution in [0.1, 0.15) is 5.76 Å². The molecule has 20 heavy (non-hydrogen) atoms. The molecule has 2 fully saturated rings. The van der Waals surface area contributed by atoms with Crippen molar-refractivity contribution in [2.45, 2.75) is 6.10 Å². The Balaban J connectivity index is 1.52. The molecule has 7 nitrogen and oxygen atoms in total. The first-order valence-electron chi connectivity index (χ1n) is 6.67. The van der Waals surface area contributed by atoms with Gasteiger partial charge in [-0.3, -0.25) is 4.90 Å². The van der Waals surface area contributed by atoms with Crippen LogP contribution < -0.4 is 0 Å². The van der Waals surface area contributed by atoms with Crippen LogP contribution in [0, 0.1) is 0 Å². The number of furan rings is 1. The molecule has 108 valence electrons. The molecule has 0 aromatic carbocycles. The minimum absolute atomic E-state index is 0.144. The molecule has 3 heterocycles. The number of morpholine rings is 1. The van der Waals surface area contributed by atoms with Crippen LogP contribution in [0.2, 0.25) is 0 Å². The lowest BCUT2D eigenvalue weighted by Crippen LogP contribution is -2.41. The van der Waals surface area contributed by atoms with E-state index in [1.54, 1.807) is 18.4 Å². The maximum atomic E-state index is 11.7. The van der Waals surface area contributed by atoms with E-state index in [1.165, 1.54) is 11.2 Å². The van der Waals surface area contributed by atoms with E-state index < -0.39 is 6.09 Å². The summed E-state index contributed by atoms with van der Waals surface area (Å²) in [6.07, 6.45) is 2.52. The zero-order valence-electron chi connectivity index (χ0n) is 11.1. The molecule has 2 aliphatic rings. The van der Waals surface area contributed by atoms with E-state index in [9.17, 15) is 4.79 Å². The van der Waals surface area contributed by atoms with Crippen LogP contribution in [0.4, 0.5) is 4.79 Å². The summed E-state index contributed by atoms with van der Waals surface area (Å²) in [4.78, 5) is 13.9. The van der Waals surface area contributed by atoms with Crippen molar-refractivity contribution in [1.82, 2.24) is 9.91 Å². The molecule has 0 aliphatic carbocycles. The van der Waals surface area contributed by atoms with E-state index >= 15 is 0 Å². The molecule has 2 saturated heterocycles. The fraction of sp³-hybridized carbons (Fsp3) is 0.538. The van der Waals surface area contributed by atoms with Crippen molar-refractivity contribution in [2.75, 3.05) is 39.4 Å². The minimum Gasteiger partial charge on any atom is -0.463 e. The molecule has 1 unspecified atom stereocenters. The van der Waals surface area contributed by atoms with Crippen LogP contribution >= 0.6 is 0 Å². The Labute approximate surface area is 116 Å². The third-order valence-corrected chi connectivity index (χ3v) is 3.29. The molecule has 0 saturated carbocycles. The van der Waals surface area contributed by atoms with Crippen molar-refractivity contribution in [2.24, 2.45) is 5.10 Å². The number of carbonyl (C=O) groups is 1. The molecule has 0 N–H and O–H groups in total. The van der Waals surface area contributed by atoms with Gasteiger partial charge >= 0.3 is 6.09 Å². The second-order valence-corrected chi connectivity index (χ2v) is 4.76. The van der Waals surface area contributed by atoms with E-state index in [2.05, 4.69) is 10.0 Å². The maximum absolute atomic E-state index is 11.7. The predicted octanol–water partition coefficient (Wildman–Crippen LogP) is 0.766. The van der Waals surface area contributed by atoms with Gasteiger partial charge in [-0.1, -0.05) is 0 Å². The number of ether oxygens (including phenoxy) is 2. The normalized spacial score (nSPS) is 24.5. The van der Waals surface area contributed by atoms with E-state index in [-0.39, 0.29) is 6.10 Å². The first-order chi connectivity index (χ1) is 9.81. The quantitative estimate of drug-likeness (QED) is 0.761. The van der Waals surface area contributed by atoms with Crippen LogP contribution in [-0.4, -0.2) is 67.7 Å². The van der Waals surface area contributed by atoms with Crippen LogP contribution in [0.25, 0.3) is 0 Å². The fourth-order valence-electron chi connectivity index (χ4n) is 2.26. The van der Waals surface area contributed by atoms with Gasteiger partial charge in [0.15, 0.2) is 0 Å². The summed E-state index contributed by atoms with van der Waals surface area (Å²) < 4.78 is 15.7. The Bertz CT molecular complexity index is 468. The van der Waals surface area contributed by atoms with Crippen LogP contribution in [0.3, 0.4) is 0 Å². The molecule has 1 atom stereocenters. The van der Waals surface area contributed by atoms with Crippen molar-refractivity contribution < 1.29 is 18.7 Å². The van der Waals surface area contributed by atoms with Gasteiger partial charge < -0.3 is 13.9 Å². The summed E-state index contributed by atoms with van der Waals surface area (Å²) in [5, 5.41) is 5.41. The fourth-order valence-corrected chi connectivity index (χ4v) is 2.26. The van der Waals surface area contributed by atoms with Gasteiger partial charge in [-0.2, -0.15) is 10.1 Å². The summed E-state index contributed by atoms with van der Waals surface area (Å²) in [5.41, 5.74) is 0. The van der Waals surface area contributed by atoms with Gasteiger partial charge in [0.25, 0.3) is 0 Å². The van der Waals surface area contributed by atoms with E-state index in [0.717, 1.165) is 32.8 Å². The Hall–Kier alpha value is -1.86. The third kappa shape index (κ3) is 3.17. The SMILES string of the molecule is O=C1OC(CN2CCOCC2)CN1/N=C/c1ccco1. The number of hydrogen-bond acceptors (Lipinski definition) is 6. The first-order valence-corrected chi connectivity index (χ1v) is 6.67. The lowest BCUT2D eigenvalue weighted by Gasteiger charge is -2.27. The molecule has 1 aromatic heterocycles. The summed E-state index contributed by atoms with van der Waals surface area (Å²) in [5.74, 6) is 0.606. The third-order valence-electron chi connectivity index (χ3n) is 3.29. The van der Waals surface area contributed by atoms with Crippen molar-refractivity contribution in [1.29, 1.82) is 0 Å². The molecule has 3 rings (SSSR count). The Morgan fingerprint density at radius 2 is 2.25 bits per heavy atom. The number of hydrogen-bond donors (Lipinski definition) is 0.